The van der Waals surface area contributed by atoms with Crippen LogP contribution in [0.5, 0.6) is 0 Å². The van der Waals surface area contributed by atoms with Crippen LogP contribution in [0.4, 0.5) is 10.5 Å². The summed E-state index contributed by atoms with van der Waals surface area (Å²) >= 11 is 0. The third-order valence-corrected chi connectivity index (χ3v) is 8.92. The molecule has 2 saturated heterocycles. The van der Waals surface area contributed by atoms with Crippen molar-refractivity contribution in [3.8, 4) is 0 Å². The second-order valence-corrected chi connectivity index (χ2v) is 11.8. The lowest BCUT2D eigenvalue weighted by Crippen LogP contribution is -2.51. The Labute approximate surface area is 265 Å². The first-order valence-corrected chi connectivity index (χ1v) is 15.7. The molecule has 0 radical (unpaired) electrons. The van der Waals surface area contributed by atoms with E-state index in [-0.39, 0.29) is 18.4 Å². The number of benzene rings is 4. The van der Waals surface area contributed by atoms with E-state index in [4.69, 9.17) is 14.2 Å². The van der Waals surface area contributed by atoms with Crippen LogP contribution in [-0.2, 0) is 32.1 Å². The number of anilines is 1. The van der Waals surface area contributed by atoms with Crippen LogP contribution in [0, 0.1) is 5.92 Å². The number of carbonyl (C=O) groups excluding carboxylic acids is 2. The van der Waals surface area contributed by atoms with E-state index in [1.807, 2.05) is 55.5 Å². The normalized spacial score (nSPS) is 18.8. The Kier molecular flexibility index (Phi) is 9.29. The Morgan fingerprint density at radius 1 is 0.844 bits per heavy atom. The number of rotatable bonds is 11. The molecule has 45 heavy (non-hydrogen) atoms. The molecule has 0 bridgehead atoms. The number of hydrogen-bond donors (Lipinski definition) is 0. The second kappa shape index (κ2) is 13.7. The third-order valence-electron chi connectivity index (χ3n) is 8.92. The Morgan fingerprint density at radius 2 is 1.42 bits per heavy atom. The van der Waals surface area contributed by atoms with Crippen molar-refractivity contribution in [1.29, 1.82) is 0 Å². The second-order valence-electron chi connectivity index (χ2n) is 11.8. The SMILES string of the molecule is CC[C@H](c1cccc(N(Cc2ccccc2)Cc2ccccc2)c1)[C@H](C(=O)N1C(=O)OC[C@@H]1c1ccccc1)C1(C)OCCO1. The molecule has 3 atom stereocenters. The van der Waals surface area contributed by atoms with Crippen molar-refractivity contribution in [2.24, 2.45) is 5.92 Å². The molecule has 2 heterocycles. The van der Waals surface area contributed by atoms with Gasteiger partial charge >= 0.3 is 6.09 Å². The average Bonchev–Trinajstić information content (AvgIpc) is 3.70. The summed E-state index contributed by atoms with van der Waals surface area (Å²) in [4.78, 5) is 31.4. The molecule has 2 aliphatic rings. The fraction of sp³-hybridized carbons (Fsp3) is 0.316. The van der Waals surface area contributed by atoms with E-state index in [0.717, 1.165) is 29.9 Å². The molecule has 2 aliphatic heterocycles. The Balaban J connectivity index is 1.37. The topological polar surface area (TPSA) is 68.3 Å². The van der Waals surface area contributed by atoms with Crippen molar-refractivity contribution < 1.29 is 23.8 Å². The molecule has 7 heteroatoms. The molecule has 0 unspecified atom stereocenters. The summed E-state index contributed by atoms with van der Waals surface area (Å²) in [6, 6.07) is 38.3. The number of amides is 2. The quantitative estimate of drug-likeness (QED) is 0.177. The van der Waals surface area contributed by atoms with Crippen molar-refractivity contribution in [2.45, 2.75) is 51.1 Å². The van der Waals surface area contributed by atoms with E-state index in [0.29, 0.717) is 19.6 Å². The van der Waals surface area contributed by atoms with Gasteiger partial charge in [0.2, 0.25) is 5.91 Å². The summed E-state index contributed by atoms with van der Waals surface area (Å²) in [7, 11) is 0. The van der Waals surface area contributed by atoms with E-state index >= 15 is 0 Å². The van der Waals surface area contributed by atoms with Gasteiger partial charge in [-0.15, -0.1) is 0 Å². The zero-order valence-corrected chi connectivity index (χ0v) is 25.9. The Bertz CT molecular complexity index is 1530. The number of ether oxygens (including phenoxy) is 3. The van der Waals surface area contributed by atoms with Gasteiger partial charge in [0.1, 0.15) is 12.6 Å². The van der Waals surface area contributed by atoms with Crippen LogP contribution in [0.2, 0.25) is 0 Å². The minimum atomic E-state index is -1.20. The lowest BCUT2D eigenvalue weighted by atomic mass is 9.78. The standard InChI is InChI=1S/C38H40N2O5/c1-3-33(31-20-13-21-32(24-31)39(25-28-14-7-4-8-15-28)26-29-16-9-5-10-17-29)35(38(2)44-22-23-45-38)36(41)40-34(27-43-37(40)42)30-18-11-6-12-19-30/h4-21,24,33-35H,3,22-23,25-27H2,1-2H3/t33-,34-,35-/m1/s1. The van der Waals surface area contributed by atoms with Crippen molar-refractivity contribution >= 4 is 17.7 Å². The predicted octanol–water partition coefficient (Wildman–Crippen LogP) is 7.49. The molecular formula is C38H40N2O5. The molecule has 2 amide bonds. The van der Waals surface area contributed by atoms with Gasteiger partial charge in [0.15, 0.2) is 5.79 Å². The van der Waals surface area contributed by atoms with Gasteiger partial charge in [0, 0.05) is 24.7 Å². The molecule has 0 aliphatic carbocycles. The lowest BCUT2D eigenvalue weighted by Gasteiger charge is -2.39. The monoisotopic (exact) mass is 604 g/mol. The van der Waals surface area contributed by atoms with E-state index < -0.39 is 23.8 Å². The fourth-order valence-corrected chi connectivity index (χ4v) is 6.67. The maximum absolute atomic E-state index is 14.7. The van der Waals surface area contributed by atoms with E-state index in [2.05, 4.69) is 78.6 Å². The highest BCUT2D eigenvalue weighted by Gasteiger charge is 2.53. The lowest BCUT2D eigenvalue weighted by molar-refractivity contribution is -0.196. The van der Waals surface area contributed by atoms with Crippen LogP contribution in [0.25, 0.3) is 0 Å². The van der Waals surface area contributed by atoms with Crippen LogP contribution >= 0.6 is 0 Å². The highest BCUT2D eigenvalue weighted by Crippen LogP contribution is 2.44. The molecule has 2 fully saturated rings. The first-order valence-electron chi connectivity index (χ1n) is 15.7. The summed E-state index contributed by atoms with van der Waals surface area (Å²) in [5, 5.41) is 0. The van der Waals surface area contributed by atoms with E-state index in [9.17, 15) is 9.59 Å². The van der Waals surface area contributed by atoms with Crippen molar-refractivity contribution in [3.05, 3.63) is 138 Å². The third kappa shape index (κ3) is 6.65. The number of carbonyl (C=O) groups is 2. The minimum absolute atomic E-state index is 0.111. The van der Waals surface area contributed by atoms with Gasteiger partial charge in [-0.3, -0.25) is 4.79 Å². The zero-order chi connectivity index (χ0) is 31.2. The Hall–Kier alpha value is -4.46. The first-order chi connectivity index (χ1) is 22.0. The number of imide groups is 1. The van der Waals surface area contributed by atoms with Gasteiger partial charge < -0.3 is 19.1 Å². The largest absolute Gasteiger partial charge is 0.446 e. The van der Waals surface area contributed by atoms with Crippen molar-refractivity contribution in [2.75, 3.05) is 24.7 Å². The molecule has 0 aromatic heterocycles. The molecule has 232 valence electrons. The van der Waals surface area contributed by atoms with E-state index in [1.165, 1.54) is 16.0 Å². The molecule has 7 nitrogen and oxygen atoms in total. The summed E-state index contributed by atoms with van der Waals surface area (Å²) < 4.78 is 17.8. The maximum atomic E-state index is 14.7. The fourth-order valence-electron chi connectivity index (χ4n) is 6.67. The van der Waals surface area contributed by atoms with Gasteiger partial charge in [-0.1, -0.05) is 110 Å². The van der Waals surface area contributed by atoms with Crippen LogP contribution in [0.1, 0.15) is 54.5 Å². The van der Waals surface area contributed by atoms with Gasteiger partial charge in [0.05, 0.1) is 19.1 Å². The predicted molar refractivity (Wildman–Crippen MR) is 173 cm³/mol. The van der Waals surface area contributed by atoms with Gasteiger partial charge in [0.25, 0.3) is 0 Å². The summed E-state index contributed by atoms with van der Waals surface area (Å²) in [6.45, 7) is 6.21. The summed E-state index contributed by atoms with van der Waals surface area (Å²) in [5.41, 5.74) is 5.30. The molecular weight excluding hydrogens is 564 g/mol. The van der Waals surface area contributed by atoms with Crippen LogP contribution in [-0.4, -0.2) is 42.5 Å². The molecule has 0 spiro atoms. The highest BCUT2D eigenvalue weighted by atomic mass is 16.7. The number of nitrogens with zero attached hydrogens (tertiary/aromatic N) is 2. The van der Waals surface area contributed by atoms with Crippen LogP contribution < -0.4 is 4.90 Å². The summed E-state index contributed by atoms with van der Waals surface area (Å²) in [5.74, 6) is -2.63. The van der Waals surface area contributed by atoms with Gasteiger partial charge in [-0.25, -0.2) is 9.69 Å². The molecule has 4 aromatic rings. The smallest absolute Gasteiger partial charge is 0.417 e. The van der Waals surface area contributed by atoms with Gasteiger partial charge in [-0.05, 0) is 47.7 Å². The van der Waals surface area contributed by atoms with Crippen LogP contribution in [0.15, 0.2) is 115 Å². The minimum Gasteiger partial charge on any atom is -0.446 e. The van der Waals surface area contributed by atoms with Crippen molar-refractivity contribution in [1.82, 2.24) is 4.90 Å². The first kappa shape index (κ1) is 30.6. The Morgan fingerprint density at radius 3 is 2.00 bits per heavy atom. The van der Waals surface area contributed by atoms with Crippen molar-refractivity contribution in [3.63, 3.8) is 0 Å². The molecule has 6 rings (SSSR count). The molecule has 0 N–H and O–H groups in total. The number of cyclic esters (lactones) is 1. The summed E-state index contributed by atoms with van der Waals surface area (Å²) in [6.07, 6.45) is -0.000675. The molecule has 0 saturated carbocycles. The number of hydrogen-bond acceptors (Lipinski definition) is 6. The van der Waals surface area contributed by atoms with Crippen LogP contribution in [0.3, 0.4) is 0 Å². The maximum Gasteiger partial charge on any atom is 0.417 e. The highest BCUT2D eigenvalue weighted by molar-refractivity contribution is 5.96. The zero-order valence-electron chi connectivity index (χ0n) is 25.9. The molecule has 4 aromatic carbocycles. The average molecular weight is 605 g/mol. The van der Waals surface area contributed by atoms with Gasteiger partial charge in [-0.2, -0.15) is 0 Å². The van der Waals surface area contributed by atoms with E-state index in [1.54, 1.807) is 0 Å².